The van der Waals surface area contributed by atoms with Crippen molar-refractivity contribution in [3.05, 3.63) is 87.6 Å². The van der Waals surface area contributed by atoms with E-state index in [1.807, 2.05) is 60.8 Å². The molecule has 0 radical (unpaired) electrons. The Balaban J connectivity index is 1.52. The van der Waals surface area contributed by atoms with Gasteiger partial charge in [0, 0.05) is 16.1 Å². The molecule has 0 unspecified atom stereocenters. The maximum absolute atomic E-state index is 12.2. The van der Waals surface area contributed by atoms with Crippen LogP contribution in [-0.4, -0.2) is 11.8 Å². The monoisotopic (exact) mass is 364 g/mol. The molecular formula is C21H20N2O2S. The molecule has 1 aromatic heterocycles. The minimum absolute atomic E-state index is 0.0187. The number of carbonyl (C=O) groups excluding carboxylic acids is 2. The average Bonchev–Trinajstić information content (AvgIpc) is 3.16. The quantitative estimate of drug-likeness (QED) is 0.690. The summed E-state index contributed by atoms with van der Waals surface area (Å²) in [6, 6.07) is 18.7. The number of amides is 2. The predicted molar refractivity (Wildman–Crippen MR) is 105 cm³/mol. The van der Waals surface area contributed by atoms with Gasteiger partial charge in [0.1, 0.15) is 0 Å². The lowest BCUT2D eigenvalue weighted by molar-refractivity contribution is -0.120. The van der Waals surface area contributed by atoms with Gasteiger partial charge in [0.15, 0.2) is 0 Å². The predicted octanol–water partition coefficient (Wildman–Crippen LogP) is 4.17. The SMILES string of the molecule is Cc1ccc(C(=O)Nc2ccc(CC(=O)NCc3cccs3)cc2)cc1. The third-order valence-electron chi connectivity index (χ3n) is 3.93. The molecule has 0 saturated heterocycles. The molecule has 4 nitrogen and oxygen atoms in total. The molecular weight excluding hydrogens is 344 g/mol. The fourth-order valence-corrected chi connectivity index (χ4v) is 3.11. The highest BCUT2D eigenvalue weighted by Crippen LogP contribution is 2.13. The van der Waals surface area contributed by atoms with Gasteiger partial charge < -0.3 is 10.6 Å². The molecule has 0 atom stereocenters. The lowest BCUT2D eigenvalue weighted by atomic mass is 10.1. The lowest BCUT2D eigenvalue weighted by Crippen LogP contribution is -2.24. The first-order chi connectivity index (χ1) is 12.6. The first-order valence-electron chi connectivity index (χ1n) is 8.36. The summed E-state index contributed by atoms with van der Waals surface area (Å²) < 4.78 is 0. The van der Waals surface area contributed by atoms with Crippen LogP contribution in [0.1, 0.15) is 26.4 Å². The molecule has 3 rings (SSSR count). The van der Waals surface area contributed by atoms with Crippen molar-refractivity contribution >= 4 is 28.8 Å². The molecule has 2 aromatic carbocycles. The van der Waals surface area contributed by atoms with Crippen LogP contribution in [0.2, 0.25) is 0 Å². The number of carbonyl (C=O) groups is 2. The zero-order valence-electron chi connectivity index (χ0n) is 14.5. The molecule has 0 saturated carbocycles. The van der Waals surface area contributed by atoms with Gasteiger partial charge in [-0.05, 0) is 48.2 Å². The standard InChI is InChI=1S/C21H20N2O2S/c1-15-4-8-17(9-5-15)21(25)23-18-10-6-16(7-11-18)13-20(24)22-14-19-3-2-12-26-19/h2-12H,13-14H2,1H3,(H,22,24)(H,23,25). The van der Waals surface area contributed by atoms with Gasteiger partial charge in [-0.3, -0.25) is 9.59 Å². The third-order valence-corrected chi connectivity index (χ3v) is 4.81. The zero-order chi connectivity index (χ0) is 18.4. The second-order valence-corrected chi connectivity index (χ2v) is 7.08. The molecule has 5 heteroatoms. The minimum Gasteiger partial charge on any atom is -0.351 e. The molecule has 0 aliphatic heterocycles. The number of benzene rings is 2. The van der Waals surface area contributed by atoms with Crippen LogP contribution in [0.4, 0.5) is 5.69 Å². The van der Waals surface area contributed by atoms with E-state index >= 15 is 0 Å². The first-order valence-corrected chi connectivity index (χ1v) is 9.24. The summed E-state index contributed by atoms with van der Waals surface area (Å²) in [6.45, 7) is 2.54. The van der Waals surface area contributed by atoms with Crippen LogP contribution in [0.25, 0.3) is 0 Å². The van der Waals surface area contributed by atoms with Gasteiger partial charge in [0.25, 0.3) is 5.91 Å². The van der Waals surface area contributed by atoms with Crippen LogP contribution in [0.3, 0.4) is 0 Å². The van der Waals surface area contributed by atoms with E-state index in [2.05, 4.69) is 10.6 Å². The second-order valence-electron chi connectivity index (χ2n) is 6.05. The molecule has 26 heavy (non-hydrogen) atoms. The van der Waals surface area contributed by atoms with Crippen molar-refractivity contribution in [3.8, 4) is 0 Å². The molecule has 0 bridgehead atoms. The number of anilines is 1. The molecule has 3 aromatic rings. The zero-order valence-corrected chi connectivity index (χ0v) is 15.3. The van der Waals surface area contributed by atoms with Crippen LogP contribution in [0.15, 0.2) is 66.0 Å². The van der Waals surface area contributed by atoms with E-state index in [0.717, 1.165) is 16.0 Å². The molecule has 1 heterocycles. The van der Waals surface area contributed by atoms with E-state index in [-0.39, 0.29) is 11.8 Å². The maximum Gasteiger partial charge on any atom is 0.255 e. The van der Waals surface area contributed by atoms with Gasteiger partial charge >= 0.3 is 0 Å². The van der Waals surface area contributed by atoms with E-state index in [0.29, 0.717) is 24.2 Å². The van der Waals surface area contributed by atoms with E-state index in [1.165, 1.54) is 0 Å². The Kier molecular flexibility index (Phi) is 5.81. The number of hydrogen-bond donors (Lipinski definition) is 2. The third kappa shape index (κ3) is 5.04. The highest BCUT2D eigenvalue weighted by Gasteiger charge is 2.07. The van der Waals surface area contributed by atoms with Gasteiger partial charge in [-0.2, -0.15) is 0 Å². The number of nitrogens with one attached hydrogen (secondary N) is 2. The normalized spacial score (nSPS) is 10.3. The van der Waals surface area contributed by atoms with Crippen molar-refractivity contribution in [2.75, 3.05) is 5.32 Å². The highest BCUT2D eigenvalue weighted by molar-refractivity contribution is 7.09. The molecule has 2 N–H and O–H groups in total. The molecule has 0 spiro atoms. The molecule has 0 aliphatic carbocycles. The van der Waals surface area contributed by atoms with Gasteiger partial charge in [-0.15, -0.1) is 11.3 Å². The summed E-state index contributed by atoms with van der Waals surface area (Å²) in [5.41, 5.74) is 3.34. The van der Waals surface area contributed by atoms with Crippen LogP contribution < -0.4 is 10.6 Å². The fourth-order valence-electron chi connectivity index (χ4n) is 2.46. The largest absolute Gasteiger partial charge is 0.351 e. The summed E-state index contributed by atoms with van der Waals surface area (Å²) in [5.74, 6) is -0.165. The summed E-state index contributed by atoms with van der Waals surface area (Å²) in [6.07, 6.45) is 0.317. The smallest absolute Gasteiger partial charge is 0.255 e. The summed E-state index contributed by atoms with van der Waals surface area (Å²) in [5, 5.41) is 7.76. The van der Waals surface area contributed by atoms with Crippen LogP contribution in [-0.2, 0) is 17.8 Å². The Morgan fingerprint density at radius 2 is 1.69 bits per heavy atom. The van der Waals surface area contributed by atoms with Gasteiger partial charge in [0.05, 0.1) is 13.0 Å². The van der Waals surface area contributed by atoms with Crippen molar-refractivity contribution < 1.29 is 9.59 Å². The summed E-state index contributed by atoms with van der Waals surface area (Å²) in [4.78, 5) is 25.4. The lowest BCUT2D eigenvalue weighted by Gasteiger charge is -2.07. The number of hydrogen-bond acceptors (Lipinski definition) is 3. The Morgan fingerprint density at radius 1 is 0.962 bits per heavy atom. The van der Waals surface area contributed by atoms with E-state index < -0.39 is 0 Å². The average molecular weight is 364 g/mol. The Bertz CT molecular complexity index is 869. The molecule has 0 aliphatic rings. The Morgan fingerprint density at radius 3 is 2.35 bits per heavy atom. The molecule has 2 amide bonds. The van der Waals surface area contributed by atoms with Crippen molar-refractivity contribution in [1.29, 1.82) is 0 Å². The second kappa shape index (κ2) is 8.45. The van der Waals surface area contributed by atoms with Crippen molar-refractivity contribution in [2.45, 2.75) is 19.9 Å². The van der Waals surface area contributed by atoms with Gasteiger partial charge in [-0.25, -0.2) is 0 Å². The van der Waals surface area contributed by atoms with Crippen LogP contribution in [0.5, 0.6) is 0 Å². The van der Waals surface area contributed by atoms with Crippen molar-refractivity contribution in [2.24, 2.45) is 0 Å². The van der Waals surface area contributed by atoms with Crippen molar-refractivity contribution in [1.82, 2.24) is 5.32 Å². The first kappa shape index (κ1) is 17.9. The number of aryl methyl sites for hydroxylation is 1. The topological polar surface area (TPSA) is 58.2 Å². The Labute approximate surface area is 156 Å². The van der Waals surface area contributed by atoms with Crippen molar-refractivity contribution in [3.63, 3.8) is 0 Å². The number of thiophene rings is 1. The van der Waals surface area contributed by atoms with Gasteiger partial charge in [0.2, 0.25) is 5.91 Å². The van der Waals surface area contributed by atoms with E-state index in [9.17, 15) is 9.59 Å². The minimum atomic E-state index is -0.147. The number of rotatable bonds is 6. The highest BCUT2D eigenvalue weighted by atomic mass is 32.1. The van der Waals surface area contributed by atoms with Crippen LogP contribution in [0, 0.1) is 6.92 Å². The maximum atomic E-state index is 12.2. The molecule has 132 valence electrons. The van der Waals surface area contributed by atoms with Gasteiger partial charge in [-0.1, -0.05) is 35.9 Å². The molecule has 0 fully saturated rings. The summed E-state index contributed by atoms with van der Waals surface area (Å²) >= 11 is 1.62. The van der Waals surface area contributed by atoms with Crippen LogP contribution >= 0.6 is 11.3 Å². The van der Waals surface area contributed by atoms with E-state index in [1.54, 1.807) is 23.5 Å². The summed E-state index contributed by atoms with van der Waals surface area (Å²) in [7, 11) is 0. The Hall–Kier alpha value is -2.92. The van der Waals surface area contributed by atoms with E-state index in [4.69, 9.17) is 0 Å². The fraction of sp³-hybridized carbons (Fsp3) is 0.143.